The monoisotopic (exact) mass is 372 g/mol. The maximum absolute atomic E-state index is 12.2. The predicted molar refractivity (Wildman–Crippen MR) is 103 cm³/mol. The molecule has 0 bridgehead atoms. The van der Waals surface area contributed by atoms with Gasteiger partial charge in [-0.1, -0.05) is 23.9 Å². The molecule has 0 saturated carbocycles. The van der Waals surface area contributed by atoms with Gasteiger partial charge < -0.3 is 9.88 Å². The minimum Gasteiger partial charge on any atom is -0.325 e. The van der Waals surface area contributed by atoms with Gasteiger partial charge in [0.05, 0.1) is 5.75 Å². The molecule has 2 heterocycles. The van der Waals surface area contributed by atoms with Crippen molar-refractivity contribution in [1.82, 2.24) is 14.8 Å². The molecule has 0 atom stereocenters. The second-order valence-corrected chi connectivity index (χ2v) is 7.90. The molecule has 0 unspecified atom stereocenters. The highest BCUT2D eigenvalue weighted by Crippen LogP contribution is 2.20. The van der Waals surface area contributed by atoms with E-state index >= 15 is 0 Å². The van der Waals surface area contributed by atoms with Crippen LogP contribution in [-0.4, -0.2) is 26.4 Å². The van der Waals surface area contributed by atoms with Gasteiger partial charge in [0.1, 0.15) is 5.82 Å². The van der Waals surface area contributed by atoms with E-state index in [0.29, 0.717) is 5.75 Å². The zero-order valence-corrected chi connectivity index (χ0v) is 16.1. The van der Waals surface area contributed by atoms with Crippen LogP contribution >= 0.6 is 23.1 Å². The van der Waals surface area contributed by atoms with E-state index in [9.17, 15) is 4.79 Å². The van der Waals surface area contributed by atoms with Crippen LogP contribution in [-0.2, 0) is 18.3 Å². The quantitative estimate of drug-likeness (QED) is 0.668. The molecule has 0 aliphatic rings. The van der Waals surface area contributed by atoms with Crippen molar-refractivity contribution in [3.8, 4) is 0 Å². The fourth-order valence-corrected chi connectivity index (χ4v) is 4.00. The van der Waals surface area contributed by atoms with Crippen molar-refractivity contribution in [1.29, 1.82) is 0 Å². The maximum atomic E-state index is 12.2. The molecule has 0 fully saturated rings. The van der Waals surface area contributed by atoms with Gasteiger partial charge in [0.2, 0.25) is 5.91 Å². The highest BCUT2D eigenvalue weighted by Gasteiger charge is 2.12. The summed E-state index contributed by atoms with van der Waals surface area (Å²) in [6, 6.07) is 10.1. The van der Waals surface area contributed by atoms with E-state index in [-0.39, 0.29) is 5.91 Å². The van der Waals surface area contributed by atoms with E-state index in [1.54, 1.807) is 11.3 Å². The van der Waals surface area contributed by atoms with Gasteiger partial charge >= 0.3 is 0 Å². The van der Waals surface area contributed by atoms with Gasteiger partial charge in [0.15, 0.2) is 5.16 Å². The summed E-state index contributed by atoms with van der Waals surface area (Å²) in [6.07, 6.45) is 0.760. The van der Waals surface area contributed by atoms with Crippen LogP contribution in [0.1, 0.15) is 21.8 Å². The predicted octanol–water partition coefficient (Wildman–Crippen LogP) is 3.82. The summed E-state index contributed by atoms with van der Waals surface area (Å²) < 4.78 is 1.95. The number of thioether (sulfide) groups is 1. The Morgan fingerprint density at radius 1 is 1.24 bits per heavy atom. The molecule has 1 aromatic carbocycles. The summed E-state index contributed by atoms with van der Waals surface area (Å²) in [5.74, 6) is 1.16. The zero-order valence-electron chi connectivity index (χ0n) is 14.4. The van der Waals surface area contributed by atoms with Gasteiger partial charge in [-0.25, -0.2) is 0 Å². The molecule has 1 amide bonds. The van der Waals surface area contributed by atoms with Crippen molar-refractivity contribution in [3.63, 3.8) is 0 Å². The number of thiophene rings is 1. The van der Waals surface area contributed by atoms with Crippen LogP contribution in [0.25, 0.3) is 0 Å². The minimum atomic E-state index is -0.0437. The van der Waals surface area contributed by atoms with E-state index in [0.717, 1.165) is 34.2 Å². The van der Waals surface area contributed by atoms with Crippen LogP contribution in [0.2, 0.25) is 0 Å². The van der Waals surface area contributed by atoms with Gasteiger partial charge in [0.25, 0.3) is 0 Å². The van der Waals surface area contributed by atoms with Gasteiger partial charge in [-0.2, -0.15) is 0 Å². The van der Waals surface area contributed by atoms with Gasteiger partial charge in [-0.05, 0) is 48.6 Å². The number of nitrogens with zero attached hydrogens (tertiary/aromatic N) is 3. The van der Waals surface area contributed by atoms with Crippen molar-refractivity contribution in [2.24, 2.45) is 7.05 Å². The number of amides is 1. The summed E-state index contributed by atoms with van der Waals surface area (Å²) in [5, 5.41) is 14.2. The van der Waals surface area contributed by atoms with E-state index < -0.39 is 0 Å². The molecular formula is C18H20N4OS2. The lowest BCUT2D eigenvalue weighted by molar-refractivity contribution is -0.113. The number of aromatic nitrogens is 3. The van der Waals surface area contributed by atoms with E-state index in [2.05, 4.69) is 33.0 Å². The molecule has 130 valence electrons. The van der Waals surface area contributed by atoms with Crippen LogP contribution in [0.3, 0.4) is 0 Å². The van der Waals surface area contributed by atoms with E-state index in [1.165, 1.54) is 16.6 Å². The summed E-state index contributed by atoms with van der Waals surface area (Å²) in [6.45, 7) is 4.04. The second-order valence-electron chi connectivity index (χ2n) is 5.93. The third-order valence-corrected chi connectivity index (χ3v) is 5.57. The topological polar surface area (TPSA) is 59.8 Å². The van der Waals surface area contributed by atoms with Crippen LogP contribution in [0.15, 0.2) is 40.9 Å². The van der Waals surface area contributed by atoms with Gasteiger partial charge in [-0.3, -0.25) is 4.79 Å². The van der Waals surface area contributed by atoms with Gasteiger partial charge in [-0.15, -0.1) is 21.5 Å². The molecule has 3 aromatic rings. The Labute approximate surface area is 155 Å². The number of carbonyl (C=O) groups excluding carboxylic acids is 1. The van der Waals surface area contributed by atoms with Crippen molar-refractivity contribution in [2.75, 3.05) is 11.1 Å². The minimum absolute atomic E-state index is 0.0437. The zero-order chi connectivity index (χ0) is 17.8. The number of nitrogens with one attached hydrogen (secondary N) is 1. The average molecular weight is 373 g/mol. The van der Waals surface area contributed by atoms with Gasteiger partial charge in [0, 0.05) is 24.0 Å². The molecule has 0 aliphatic carbocycles. The Hall–Kier alpha value is -2.12. The molecule has 0 spiro atoms. The van der Waals surface area contributed by atoms with Crippen LogP contribution < -0.4 is 5.32 Å². The standard InChI is InChI=1S/C18H20N4OS2/c1-12-7-13(2)9-14(8-12)19-17(23)11-25-18-21-20-16(22(18)3)10-15-5-4-6-24-15/h4-9H,10-11H2,1-3H3,(H,19,23). The first-order valence-corrected chi connectivity index (χ1v) is 9.79. The molecule has 5 nitrogen and oxygen atoms in total. The smallest absolute Gasteiger partial charge is 0.234 e. The van der Waals surface area contributed by atoms with E-state index in [1.807, 2.05) is 43.7 Å². The number of rotatable bonds is 6. The molecule has 3 rings (SSSR count). The van der Waals surface area contributed by atoms with Crippen LogP contribution in [0, 0.1) is 13.8 Å². The van der Waals surface area contributed by atoms with Crippen LogP contribution in [0.5, 0.6) is 0 Å². The largest absolute Gasteiger partial charge is 0.325 e. The summed E-state index contributed by atoms with van der Waals surface area (Å²) in [4.78, 5) is 13.4. The molecule has 0 aliphatic heterocycles. The SMILES string of the molecule is Cc1cc(C)cc(NC(=O)CSc2nnc(Cc3cccs3)n2C)c1. The molecule has 0 radical (unpaired) electrons. The lowest BCUT2D eigenvalue weighted by atomic mass is 10.1. The van der Waals surface area contributed by atoms with Crippen molar-refractivity contribution in [3.05, 3.63) is 57.5 Å². The fraction of sp³-hybridized carbons (Fsp3) is 0.278. The third-order valence-electron chi connectivity index (χ3n) is 3.68. The second kappa shape index (κ2) is 7.84. The number of aryl methyl sites for hydroxylation is 2. The Kier molecular flexibility index (Phi) is 5.55. The first kappa shape index (κ1) is 17.7. The molecule has 2 aromatic heterocycles. The lowest BCUT2D eigenvalue weighted by Gasteiger charge is -2.07. The highest BCUT2D eigenvalue weighted by atomic mass is 32.2. The third kappa shape index (κ3) is 4.70. The number of hydrogen-bond acceptors (Lipinski definition) is 5. The van der Waals surface area contributed by atoms with Crippen molar-refractivity contribution >= 4 is 34.7 Å². The van der Waals surface area contributed by atoms with Crippen LogP contribution in [0.4, 0.5) is 5.69 Å². The van der Waals surface area contributed by atoms with Crippen molar-refractivity contribution in [2.45, 2.75) is 25.4 Å². The molecule has 25 heavy (non-hydrogen) atoms. The number of carbonyl (C=O) groups is 1. The molecular weight excluding hydrogens is 352 g/mol. The fourth-order valence-electron chi connectivity index (χ4n) is 2.57. The Balaban J connectivity index is 1.58. The Morgan fingerprint density at radius 3 is 2.68 bits per heavy atom. The normalized spacial score (nSPS) is 10.8. The average Bonchev–Trinajstić information content (AvgIpc) is 3.16. The summed E-state index contributed by atoms with van der Waals surface area (Å²) >= 11 is 3.10. The van der Waals surface area contributed by atoms with E-state index in [4.69, 9.17) is 0 Å². The highest BCUT2D eigenvalue weighted by molar-refractivity contribution is 7.99. The number of hydrogen-bond donors (Lipinski definition) is 1. The first-order chi connectivity index (χ1) is 12.0. The Bertz CT molecular complexity index is 851. The molecule has 0 saturated heterocycles. The number of benzene rings is 1. The molecule has 1 N–H and O–H groups in total. The maximum Gasteiger partial charge on any atom is 0.234 e. The number of anilines is 1. The Morgan fingerprint density at radius 2 is 2.00 bits per heavy atom. The summed E-state index contributed by atoms with van der Waals surface area (Å²) in [5.41, 5.74) is 3.10. The molecule has 7 heteroatoms. The van der Waals surface area contributed by atoms with Crippen molar-refractivity contribution < 1.29 is 4.79 Å². The lowest BCUT2D eigenvalue weighted by Crippen LogP contribution is -2.14. The first-order valence-electron chi connectivity index (χ1n) is 7.93. The summed E-state index contributed by atoms with van der Waals surface area (Å²) in [7, 11) is 1.94.